The minimum atomic E-state index is -1.27. The molecule has 0 aliphatic rings. The van der Waals surface area contributed by atoms with Gasteiger partial charge in [0.25, 0.3) is 0 Å². The molecule has 1 aromatic heterocycles. The number of imide groups is 1. The third-order valence-corrected chi connectivity index (χ3v) is 3.89. The SMILES string of the molecule is COC(=O)[C@H](CC/C=C/Cn1c(C)noc1=O)N(C(=O)OC(C)(C)C)C(=O)OC(C)(C)C. The van der Waals surface area contributed by atoms with Crippen molar-refractivity contribution in [2.75, 3.05) is 7.11 Å². The van der Waals surface area contributed by atoms with E-state index in [0.29, 0.717) is 17.1 Å². The second-order valence-electron chi connectivity index (χ2n) is 9.02. The van der Waals surface area contributed by atoms with E-state index >= 15 is 0 Å². The summed E-state index contributed by atoms with van der Waals surface area (Å²) in [5.41, 5.74) is -1.80. The third kappa shape index (κ3) is 8.56. The van der Waals surface area contributed by atoms with Gasteiger partial charge < -0.3 is 14.2 Å². The van der Waals surface area contributed by atoms with Gasteiger partial charge in [-0.1, -0.05) is 17.3 Å². The number of allylic oxidation sites excluding steroid dienone is 2. The highest BCUT2D eigenvalue weighted by Crippen LogP contribution is 2.20. The van der Waals surface area contributed by atoms with Gasteiger partial charge in [0.1, 0.15) is 17.2 Å². The van der Waals surface area contributed by atoms with Crippen molar-refractivity contribution < 1.29 is 33.1 Å². The van der Waals surface area contributed by atoms with Gasteiger partial charge in [-0.15, -0.1) is 0 Å². The second kappa shape index (κ2) is 11.0. The molecule has 1 atom stereocenters. The Hall–Kier alpha value is -3.11. The van der Waals surface area contributed by atoms with Crippen molar-refractivity contribution in [1.82, 2.24) is 14.6 Å². The van der Waals surface area contributed by atoms with E-state index in [0.717, 1.165) is 7.11 Å². The molecule has 2 amide bonds. The van der Waals surface area contributed by atoms with Gasteiger partial charge in [0.05, 0.1) is 7.11 Å². The lowest BCUT2D eigenvalue weighted by Crippen LogP contribution is -2.52. The number of nitrogens with zero attached hydrogens (tertiary/aromatic N) is 3. The number of methoxy groups -OCH3 is 1. The quantitative estimate of drug-likeness (QED) is 0.345. The maximum atomic E-state index is 12.8. The fourth-order valence-electron chi connectivity index (χ4n) is 2.53. The molecule has 11 nitrogen and oxygen atoms in total. The Morgan fingerprint density at radius 2 is 1.59 bits per heavy atom. The largest absolute Gasteiger partial charge is 0.467 e. The number of rotatable bonds is 7. The van der Waals surface area contributed by atoms with Crippen molar-refractivity contribution in [1.29, 1.82) is 0 Å². The normalized spacial score (nSPS) is 13.0. The van der Waals surface area contributed by atoms with Crippen LogP contribution in [0.5, 0.6) is 0 Å². The summed E-state index contributed by atoms with van der Waals surface area (Å²) in [5, 5.41) is 3.57. The van der Waals surface area contributed by atoms with E-state index in [9.17, 15) is 19.2 Å². The van der Waals surface area contributed by atoms with Crippen LogP contribution in [-0.4, -0.2) is 57.1 Å². The zero-order chi connectivity index (χ0) is 24.7. The van der Waals surface area contributed by atoms with Crippen molar-refractivity contribution in [2.24, 2.45) is 0 Å². The standard InChI is InChI=1S/C21H33N3O8/c1-14-22-32-17(26)23(14)13-11-9-10-12-15(16(25)29-8)24(18(27)30-20(2,3)4)19(28)31-21(5,6)7/h9,11,15H,10,12-13H2,1-8H3/b11-9+/t15-/m0/s1. The summed E-state index contributed by atoms with van der Waals surface area (Å²) in [7, 11) is 1.16. The minimum Gasteiger partial charge on any atom is -0.467 e. The zero-order valence-electron chi connectivity index (χ0n) is 20.0. The lowest BCUT2D eigenvalue weighted by atomic mass is 10.1. The number of hydrogen-bond acceptors (Lipinski definition) is 9. The summed E-state index contributed by atoms with van der Waals surface area (Å²) in [6.45, 7) is 11.7. The molecule has 1 aromatic rings. The number of carbonyl (C=O) groups is 3. The number of hydrogen-bond donors (Lipinski definition) is 0. The maximum absolute atomic E-state index is 12.8. The Morgan fingerprint density at radius 1 is 1.06 bits per heavy atom. The van der Waals surface area contributed by atoms with E-state index in [1.54, 1.807) is 60.6 Å². The number of carbonyl (C=O) groups excluding carboxylic acids is 3. The predicted molar refractivity (Wildman–Crippen MR) is 114 cm³/mol. The van der Waals surface area contributed by atoms with Gasteiger partial charge in [-0.3, -0.25) is 9.09 Å². The molecule has 0 radical (unpaired) electrons. The molecule has 0 saturated carbocycles. The van der Waals surface area contributed by atoms with E-state index in [-0.39, 0.29) is 13.0 Å². The smallest absolute Gasteiger partial charge is 0.441 e. The van der Waals surface area contributed by atoms with E-state index < -0.39 is 41.2 Å². The molecule has 0 N–H and O–H groups in total. The molecule has 0 aliphatic heterocycles. The van der Waals surface area contributed by atoms with Gasteiger partial charge in [-0.2, -0.15) is 4.90 Å². The summed E-state index contributed by atoms with van der Waals surface area (Å²) in [4.78, 5) is 50.2. The maximum Gasteiger partial charge on any atom is 0.441 e. The van der Waals surface area contributed by atoms with Crippen LogP contribution >= 0.6 is 0 Å². The number of amides is 2. The number of esters is 1. The first-order valence-corrected chi connectivity index (χ1v) is 10.2. The van der Waals surface area contributed by atoms with Gasteiger partial charge in [0, 0.05) is 6.54 Å². The van der Waals surface area contributed by atoms with Crippen LogP contribution in [-0.2, 0) is 25.5 Å². The van der Waals surface area contributed by atoms with E-state index in [2.05, 4.69) is 9.68 Å². The molecule has 32 heavy (non-hydrogen) atoms. The van der Waals surface area contributed by atoms with Gasteiger partial charge >= 0.3 is 23.9 Å². The molecule has 1 heterocycles. The van der Waals surface area contributed by atoms with E-state index in [1.165, 1.54) is 4.57 Å². The fraction of sp³-hybridized carbons (Fsp3) is 0.667. The Labute approximate surface area is 187 Å². The molecule has 11 heteroatoms. The first-order valence-electron chi connectivity index (χ1n) is 10.2. The predicted octanol–water partition coefficient (Wildman–Crippen LogP) is 3.19. The van der Waals surface area contributed by atoms with Gasteiger partial charge in [-0.25, -0.2) is 19.2 Å². The number of ether oxygens (including phenoxy) is 3. The Bertz CT molecular complexity index is 858. The zero-order valence-corrected chi connectivity index (χ0v) is 20.0. The Balaban J connectivity index is 3.05. The molecule has 1 rings (SSSR count). The van der Waals surface area contributed by atoms with Crippen LogP contribution in [0.3, 0.4) is 0 Å². The fourth-order valence-corrected chi connectivity index (χ4v) is 2.53. The average molecular weight is 456 g/mol. The highest BCUT2D eigenvalue weighted by atomic mass is 16.6. The summed E-state index contributed by atoms with van der Waals surface area (Å²) in [6, 6.07) is -1.27. The van der Waals surface area contributed by atoms with E-state index in [1.807, 2.05) is 0 Å². The summed E-state index contributed by atoms with van der Waals surface area (Å²) in [6.07, 6.45) is 1.71. The van der Waals surface area contributed by atoms with Gasteiger partial charge in [0.2, 0.25) is 0 Å². The minimum absolute atomic E-state index is 0.0547. The summed E-state index contributed by atoms with van der Waals surface area (Å²) in [5.74, 6) is -0.949. The lowest BCUT2D eigenvalue weighted by molar-refractivity contribution is -0.146. The van der Waals surface area contributed by atoms with Crippen LogP contribution in [0, 0.1) is 6.92 Å². The van der Waals surface area contributed by atoms with Crippen molar-refractivity contribution in [3.05, 3.63) is 28.5 Å². The molecule has 0 saturated heterocycles. The molecule has 0 bridgehead atoms. The van der Waals surface area contributed by atoms with Crippen LogP contribution in [0.15, 0.2) is 21.5 Å². The Kier molecular flexibility index (Phi) is 9.22. The van der Waals surface area contributed by atoms with E-state index in [4.69, 9.17) is 14.2 Å². The molecule has 0 fully saturated rings. The van der Waals surface area contributed by atoms with Crippen LogP contribution < -0.4 is 5.76 Å². The Morgan fingerprint density at radius 3 is 2.00 bits per heavy atom. The van der Waals surface area contributed by atoms with Crippen molar-refractivity contribution >= 4 is 18.2 Å². The first kappa shape index (κ1) is 26.9. The van der Waals surface area contributed by atoms with Gasteiger partial charge in [0.15, 0.2) is 5.82 Å². The second-order valence-corrected chi connectivity index (χ2v) is 9.02. The van der Waals surface area contributed by atoms with Crippen LogP contribution in [0.1, 0.15) is 60.2 Å². The van der Waals surface area contributed by atoms with Crippen molar-refractivity contribution in [3.8, 4) is 0 Å². The molecular weight excluding hydrogens is 422 g/mol. The van der Waals surface area contributed by atoms with Crippen LogP contribution in [0.4, 0.5) is 9.59 Å². The molecule has 0 aliphatic carbocycles. The third-order valence-electron chi connectivity index (χ3n) is 3.89. The number of aryl methyl sites for hydroxylation is 1. The summed E-state index contributed by atoms with van der Waals surface area (Å²) >= 11 is 0. The molecule has 180 valence electrons. The molecular formula is C21H33N3O8. The van der Waals surface area contributed by atoms with Crippen LogP contribution in [0.25, 0.3) is 0 Å². The molecule has 0 aromatic carbocycles. The molecule has 0 unspecified atom stereocenters. The average Bonchev–Trinajstić information content (AvgIpc) is 2.94. The summed E-state index contributed by atoms with van der Waals surface area (Å²) < 4.78 is 21.3. The highest BCUT2D eigenvalue weighted by Gasteiger charge is 2.40. The first-order chi connectivity index (χ1) is 14.7. The van der Waals surface area contributed by atoms with Crippen LogP contribution in [0.2, 0.25) is 0 Å². The monoisotopic (exact) mass is 455 g/mol. The van der Waals surface area contributed by atoms with Gasteiger partial charge in [-0.05, 0) is 61.3 Å². The topological polar surface area (TPSA) is 130 Å². The molecule has 0 spiro atoms. The highest BCUT2D eigenvalue weighted by molar-refractivity contribution is 5.94. The number of aromatic nitrogens is 2. The van der Waals surface area contributed by atoms with Crippen molar-refractivity contribution in [2.45, 2.75) is 85.1 Å². The lowest BCUT2D eigenvalue weighted by Gasteiger charge is -2.32. The van der Waals surface area contributed by atoms with Crippen molar-refractivity contribution in [3.63, 3.8) is 0 Å².